The van der Waals surface area contributed by atoms with E-state index in [9.17, 15) is 22.8 Å². The highest BCUT2D eigenvalue weighted by atomic mass is 19.4. The molecule has 3 aromatic rings. The van der Waals surface area contributed by atoms with Crippen molar-refractivity contribution in [3.05, 3.63) is 65.4 Å². The highest BCUT2D eigenvalue weighted by Gasteiger charge is 2.30. The molecular weight excluding hydrogens is 489 g/mol. The van der Waals surface area contributed by atoms with Gasteiger partial charge in [0.15, 0.2) is 5.82 Å². The summed E-state index contributed by atoms with van der Waals surface area (Å²) in [6.07, 6.45) is -3.88. The minimum Gasteiger partial charge on any atom is -0.457 e. The van der Waals surface area contributed by atoms with Crippen LogP contribution in [0.2, 0.25) is 0 Å². The molecule has 4 N–H and O–H groups in total. The van der Waals surface area contributed by atoms with Crippen molar-refractivity contribution in [1.29, 1.82) is 0 Å². The second kappa shape index (κ2) is 10.4. The minimum absolute atomic E-state index is 0.0215. The molecule has 0 saturated carbocycles. The molecule has 37 heavy (non-hydrogen) atoms. The highest BCUT2D eigenvalue weighted by molar-refractivity contribution is 5.92. The number of anilines is 1. The summed E-state index contributed by atoms with van der Waals surface area (Å²) in [5, 5.41) is 5.76. The number of carbonyl (C=O) groups excluding carboxylic acids is 2. The molecule has 2 heterocycles. The second-order valence-electron chi connectivity index (χ2n) is 8.78. The quantitative estimate of drug-likeness (QED) is 0.421. The zero-order chi connectivity index (χ0) is 26.7. The average Bonchev–Trinajstić information content (AvgIpc) is 3.22. The number of amides is 2. The van der Waals surface area contributed by atoms with E-state index in [1.807, 2.05) is 19.0 Å². The Kier molecular flexibility index (Phi) is 7.30. The number of aromatic nitrogens is 2. The summed E-state index contributed by atoms with van der Waals surface area (Å²) in [4.78, 5) is 34.7. The van der Waals surface area contributed by atoms with Crippen LogP contribution < -0.4 is 21.1 Å². The van der Waals surface area contributed by atoms with Crippen LogP contribution in [0.3, 0.4) is 0 Å². The summed E-state index contributed by atoms with van der Waals surface area (Å²) in [6, 6.07) is 10.4. The lowest BCUT2D eigenvalue weighted by atomic mass is 10.1. The molecule has 1 fully saturated rings. The Morgan fingerprint density at radius 1 is 1.14 bits per heavy atom. The van der Waals surface area contributed by atoms with Crippen molar-refractivity contribution >= 4 is 17.6 Å². The number of alkyl halides is 3. The first kappa shape index (κ1) is 25.9. The fourth-order valence-corrected chi connectivity index (χ4v) is 3.85. The smallest absolute Gasteiger partial charge is 0.416 e. The molecule has 1 atom stereocenters. The summed E-state index contributed by atoms with van der Waals surface area (Å²) in [5.41, 5.74) is 6.04. The van der Waals surface area contributed by atoms with Crippen molar-refractivity contribution in [3.8, 4) is 22.9 Å². The number of nitrogens with one attached hydrogen (secondary N) is 2. The molecule has 0 unspecified atom stereocenters. The van der Waals surface area contributed by atoms with Gasteiger partial charge in [0.1, 0.15) is 29.1 Å². The molecule has 0 aliphatic carbocycles. The number of hydrogen-bond donors (Lipinski definition) is 3. The lowest BCUT2D eigenvalue weighted by Gasteiger charge is -2.17. The van der Waals surface area contributed by atoms with Gasteiger partial charge in [0.05, 0.1) is 5.56 Å². The van der Waals surface area contributed by atoms with E-state index in [0.29, 0.717) is 30.8 Å². The third-order valence-electron chi connectivity index (χ3n) is 5.57. The van der Waals surface area contributed by atoms with Gasteiger partial charge in [-0.15, -0.1) is 0 Å². The molecule has 1 aromatic heterocycles. The first-order valence-electron chi connectivity index (χ1n) is 11.4. The van der Waals surface area contributed by atoms with Gasteiger partial charge in [-0.1, -0.05) is 0 Å². The van der Waals surface area contributed by atoms with Crippen molar-refractivity contribution in [2.75, 3.05) is 26.0 Å². The number of halogens is 3. The zero-order valence-corrected chi connectivity index (χ0v) is 20.1. The Hall–Kier alpha value is -4.19. The van der Waals surface area contributed by atoms with Gasteiger partial charge in [-0.05, 0) is 68.5 Å². The van der Waals surface area contributed by atoms with E-state index in [1.165, 1.54) is 18.2 Å². The van der Waals surface area contributed by atoms with Gasteiger partial charge in [-0.25, -0.2) is 9.97 Å². The maximum Gasteiger partial charge on any atom is 0.416 e. The predicted molar refractivity (Wildman–Crippen MR) is 130 cm³/mol. The normalized spacial score (nSPS) is 15.5. The maximum absolute atomic E-state index is 12.9. The Morgan fingerprint density at radius 3 is 2.43 bits per heavy atom. The SMILES string of the molecule is CN(C)Cc1cc(Oc2ccc(C(F)(F)F)cc2)ccc1-c1nc(N[C@H]2CCNC2=O)cc(C(N)=O)n1. The van der Waals surface area contributed by atoms with Crippen molar-refractivity contribution in [2.45, 2.75) is 25.2 Å². The van der Waals surface area contributed by atoms with Gasteiger partial charge in [0, 0.05) is 24.7 Å². The molecule has 1 aliphatic heterocycles. The summed E-state index contributed by atoms with van der Waals surface area (Å²) in [5.74, 6) is 0.215. The molecule has 0 bridgehead atoms. The van der Waals surface area contributed by atoms with E-state index in [4.69, 9.17) is 10.5 Å². The van der Waals surface area contributed by atoms with Gasteiger partial charge in [-0.2, -0.15) is 13.2 Å². The Labute approximate surface area is 210 Å². The van der Waals surface area contributed by atoms with E-state index in [-0.39, 0.29) is 29.0 Å². The van der Waals surface area contributed by atoms with E-state index in [0.717, 1.165) is 17.7 Å². The number of nitrogens with two attached hydrogens (primary N) is 1. The zero-order valence-electron chi connectivity index (χ0n) is 20.1. The van der Waals surface area contributed by atoms with Crippen LogP contribution in [0.4, 0.5) is 19.0 Å². The van der Waals surface area contributed by atoms with Gasteiger partial charge < -0.3 is 26.0 Å². The van der Waals surface area contributed by atoms with E-state index < -0.39 is 23.7 Å². The third kappa shape index (κ3) is 6.33. The molecule has 2 amide bonds. The van der Waals surface area contributed by atoms with Crippen LogP contribution in [0, 0.1) is 0 Å². The van der Waals surface area contributed by atoms with Crippen LogP contribution in [0.1, 0.15) is 28.0 Å². The summed E-state index contributed by atoms with van der Waals surface area (Å²) in [7, 11) is 3.72. The second-order valence-corrected chi connectivity index (χ2v) is 8.78. The van der Waals surface area contributed by atoms with Crippen molar-refractivity contribution in [2.24, 2.45) is 5.73 Å². The fourth-order valence-electron chi connectivity index (χ4n) is 3.85. The van der Waals surface area contributed by atoms with Crippen LogP contribution >= 0.6 is 0 Å². The van der Waals surface area contributed by atoms with Crippen molar-refractivity contribution in [1.82, 2.24) is 20.2 Å². The van der Waals surface area contributed by atoms with Crippen LogP contribution in [-0.4, -0.2) is 53.4 Å². The highest BCUT2D eigenvalue weighted by Crippen LogP contribution is 2.33. The molecule has 194 valence electrons. The molecule has 1 saturated heterocycles. The maximum atomic E-state index is 12.9. The molecule has 0 spiro atoms. The van der Waals surface area contributed by atoms with Crippen LogP contribution in [0.25, 0.3) is 11.4 Å². The molecule has 2 aromatic carbocycles. The van der Waals surface area contributed by atoms with Crippen molar-refractivity contribution in [3.63, 3.8) is 0 Å². The minimum atomic E-state index is -4.44. The van der Waals surface area contributed by atoms with Crippen LogP contribution in [0.5, 0.6) is 11.5 Å². The largest absolute Gasteiger partial charge is 0.457 e. The fraction of sp³-hybridized carbons (Fsp3) is 0.280. The standard InChI is InChI=1S/C25H25F3N6O3/c1-34(2)13-14-11-17(37-16-5-3-15(4-6-16)25(26,27)28)7-8-18(14)23-32-20(22(29)35)12-21(33-23)31-19-9-10-30-24(19)36/h3-8,11-12,19H,9-10,13H2,1-2H3,(H2,29,35)(H,30,36)(H,31,32,33)/t19-/m0/s1. The molecular formula is C25H25F3N6O3. The number of primary amides is 1. The molecule has 9 nitrogen and oxygen atoms in total. The monoisotopic (exact) mass is 514 g/mol. The van der Waals surface area contributed by atoms with Crippen LogP contribution in [-0.2, 0) is 17.5 Å². The molecule has 12 heteroatoms. The van der Waals surface area contributed by atoms with E-state index in [1.54, 1.807) is 18.2 Å². The molecule has 0 radical (unpaired) electrons. The number of carbonyl (C=O) groups is 2. The predicted octanol–water partition coefficient (Wildman–Crippen LogP) is 3.42. The first-order valence-corrected chi connectivity index (χ1v) is 11.4. The first-order chi connectivity index (χ1) is 17.5. The Bertz CT molecular complexity index is 1310. The number of rotatable bonds is 8. The number of ether oxygens (including phenoxy) is 1. The number of hydrogen-bond acceptors (Lipinski definition) is 7. The Balaban J connectivity index is 1.68. The van der Waals surface area contributed by atoms with Gasteiger partial charge in [0.2, 0.25) is 5.91 Å². The van der Waals surface area contributed by atoms with E-state index >= 15 is 0 Å². The average molecular weight is 515 g/mol. The Morgan fingerprint density at radius 2 is 1.84 bits per heavy atom. The molecule has 4 rings (SSSR count). The van der Waals surface area contributed by atoms with E-state index in [2.05, 4.69) is 20.6 Å². The van der Waals surface area contributed by atoms with Gasteiger partial charge in [-0.3, -0.25) is 9.59 Å². The third-order valence-corrected chi connectivity index (χ3v) is 5.57. The summed E-state index contributed by atoms with van der Waals surface area (Å²) in [6.45, 7) is 0.974. The summed E-state index contributed by atoms with van der Waals surface area (Å²) < 4.78 is 44.4. The lowest BCUT2D eigenvalue weighted by molar-refractivity contribution is -0.137. The number of benzene rings is 2. The number of nitrogens with zero attached hydrogens (tertiary/aromatic N) is 3. The topological polar surface area (TPSA) is 122 Å². The van der Waals surface area contributed by atoms with Gasteiger partial charge in [0.25, 0.3) is 5.91 Å². The van der Waals surface area contributed by atoms with Crippen molar-refractivity contribution < 1.29 is 27.5 Å². The molecule has 1 aliphatic rings. The lowest BCUT2D eigenvalue weighted by Crippen LogP contribution is -2.30. The summed E-state index contributed by atoms with van der Waals surface area (Å²) >= 11 is 0. The van der Waals surface area contributed by atoms with Gasteiger partial charge >= 0.3 is 6.18 Å². The van der Waals surface area contributed by atoms with Crippen LogP contribution in [0.15, 0.2) is 48.5 Å².